The molecule has 0 heterocycles. The minimum Gasteiger partial charge on any atom is -0.594 e. The first-order valence-electron chi connectivity index (χ1n) is 8.76. The fourth-order valence-corrected chi connectivity index (χ4v) is 2.58. The maximum Gasteiger partial charge on any atom is 0.245 e. The smallest absolute Gasteiger partial charge is 0.245 e. The van der Waals surface area contributed by atoms with Crippen LogP contribution in [0, 0.1) is 5.21 Å². The molecule has 0 aliphatic carbocycles. The highest BCUT2D eigenvalue weighted by molar-refractivity contribution is 5.39. The van der Waals surface area contributed by atoms with Gasteiger partial charge in [0, 0.05) is 17.2 Å². The first kappa shape index (κ1) is 18.0. The molecule has 2 aromatic rings. The van der Waals surface area contributed by atoms with E-state index in [9.17, 15) is 10.3 Å². The molecular formula is C20H26N2O2. The summed E-state index contributed by atoms with van der Waals surface area (Å²) in [5, 5.41) is 25.2. The molecule has 0 unspecified atom stereocenters. The summed E-state index contributed by atoms with van der Waals surface area (Å²) in [5.41, 5.74) is 2.31. The molecule has 0 radical (unpaired) electrons. The number of phenols is 1. The highest BCUT2D eigenvalue weighted by Crippen LogP contribution is 2.21. The lowest BCUT2D eigenvalue weighted by atomic mass is 10.0. The van der Waals surface area contributed by atoms with Gasteiger partial charge in [0.25, 0.3) is 0 Å². The Bertz CT molecular complexity index is 634. The molecule has 4 nitrogen and oxygen atoms in total. The number of rotatable bonds is 9. The molecule has 24 heavy (non-hydrogen) atoms. The summed E-state index contributed by atoms with van der Waals surface area (Å²) < 4.78 is 0. The molecule has 0 atom stereocenters. The molecule has 4 heteroatoms. The molecule has 1 N–H and O–H groups in total. The van der Waals surface area contributed by atoms with E-state index >= 15 is 0 Å². The van der Waals surface area contributed by atoms with Crippen molar-refractivity contribution in [2.24, 2.45) is 5.11 Å². The Labute approximate surface area is 144 Å². The van der Waals surface area contributed by atoms with Crippen LogP contribution < -0.4 is 0 Å². The number of hydrogen-bond donors (Lipinski definition) is 1. The van der Waals surface area contributed by atoms with Crippen LogP contribution in [0.25, 0.3) is 0 Å². The van der Waals surface area contributed by atoms with Crippen LogP contribution in [0.15, 0.2) is 53.6 Å². The first-order valence-corrected chi connectivity index (χ1v) is 8.76. The summed E-state index contributed by atoms with van der Waals surface area (Å²) in [4.78, 5) is 0.572. The number of nitrogens with zero attached hydrogens (tertiary/aromatic N) is 2. The highest BCUT2D eigenvalue weighted by atomic mass is 16.5. The normalized spacial score (nSPS) is 11.6. The lowest BCUT2D eigenvalue weighted by Gasteiger charge is -2.03. The number of benzene rings is 2. The predicted molar refractivity (Wildman–Crippen MR) is 97.0 cm³/mol. The van der Waals surface area contributed by atoms with Crippen molar-refractivity contribution in [3.63, 3.8) is 0 Å². The van der Waals surface area contributed by atoms with Gasteiger partial charge in [-0.05, 0) is 42.7 Å². The number of phenolic OH excluding ortho intramolecular Hbond substituents is 1. The van der Waals surface area contributed by atoms with Crippen molar-refractivity contribution in [2.75, 3.05) is 0 Å². The minimum atomic E-state index is 0.131. The third-order valence-corrected chi connectivity index (χ3v) is 4.03. The van der Waals surface area contributed by atoms with Gasteiger partial charge in [-0.2, -0.15) is 0 Å². The topological polar surface area (TPSA) is 58.7 Å². The third kappa shape index (κ3) is 6.03. The van der Waals surface area contributed by atoms with Gasteiger partial charge in [0.2, 0.25) is 5.69 Å². The number of aromatic hydroxyl groups is 1. The van der Waals surface area contributed by atoms with Gasteiger partial charge in [0.1, 0.15) is 11.4 Å². The molecule has 0 aliphatic rings. The first-order chi connectivity index (χ1) is 11.7. The Kier molecular flexibility index (Phi) is 7.27. The summed E-state index contributed by atoms with van der Waals surface area (Å²) in [6.07, 6.45) is 8.84. The molecule has 0 amide bonds. The summed E-state index contributed by atoms with van der Waals surface area (Å²) in [6.45, 7) is 2.23. The fraction of sp³-hybridized carbons (Fsp3) is 0.400. The minimum absolute atomic E-state index is 0.131. The molecule has 2 rings (SSSR count). The van der Waals surface area contributed by atoms with Crippen molar-refractivity contribution in [1.82, 2.24) is 0 Å². The number of unbranched alkanes of at least 4 members (excludes halogenated alkanes) is 5. The largest absolute Gasteiger partial charge is 0.594 e. The molecule has 0 fully saturated rings. The van der Waals surface area contributed by atoms with Crippen LogP contribution in [0.3, 0.4) is 0 Å². The summed E-state index contributed by atoms with van der Waals surface area (Å²) >= 11 is 0. The SMILES string of the molecule is CCCCCCCCc1ccc(N=[N+]([O-])c2ccc(O)cc2)cc1. The van der Waals surface area contributed by atoms with Gasteiger partial charge in [0.05, 0.1) is 0 Å². The van der Waals surface area contributed by atoms with Gasteiger partial charge in [-0.3, -0.25) is 0 Å². The van der Waals surface area contributed by atoms with Crippen molar-refractivity contribution < 1.29 is 9.97 Å². The second kappa shape index (κ2) is 9.71. The molecule has 0 aromatic heterocycles. The van der Waals surface area contributed by atoms with E-state index in [4.69, 9.17) is 0 Å². The average Bonchev–Trinajstić information content (AvgIpc) is 2.60. The number of azo groups is 1. The van der Waals surface area contributed by atoms with Crippen molar-refractivity contribution >= 4 is 11.4 Å². The monoisotopic (exact) mass is 326 g/mol. The molecule has 0 aliphatic heterocycles. The zero-order valence-electron chi connectivity index (χ0n) is 14.3. The third-order valence-electron chi connectivity index (χ3n) is 4.03. The Balaban J connectivity index is 1.85. The molecule has 0 bridgehead atoms. The van der Waals surface area contributed by atoms with Crippen LogP contribution in [0.1, 0.15) is 51.0 Å². The van der Waals surface area contributed by atoms with E-state index in [1.807, 2.05) is 24.3 Å². The van der Waals surface area contributed by atoms with Crippen LogP contribution in [0.2, 0.25) is 0 Å². The van der Waals surface area contributed by atoms with E-state index in [2.05, 4.69) is 12.0 Å². The maximum atomic E-state index is 12.0. The molecular weight excluding hydrogens is 300 g/mol. The van der Waals surface area contributed by atoms with Gasteiger partial charge >= 0.3 is 0 Å². The van der Waals surface area contributed by atoms with Crippen LogP contribution in [-0.4, -0.2) is 9.97 Å². The summed E-state index contributed by atoms with van der Waals surface area (Å²) in [7, 11) is 0. The lowest BCUT2D eigenvalue weighted by Crippen LogP contribution is -1.90. The van der Waals surface area contributed by atoms with E-state index in [1.54, 1.807) is 12.1 Å². The second-order valence-corrected chi connectivity index (χ2v) is 6.07. The maximum absolute atomic E-state index is 12.0. The molecule has 128 valence electrons. The van der Waals surface area contributed by atoms with Gasteiger partial charge in [-0.15, -0.1) is 0 Å². The number of aryl methyl sites for hydroxylation is 1. The fourth-order valence-electron chi connectivity index (χ4n) is 2.58. The van der Waals surface area contributed by atoms with Crippen LogP contribution in [0.5, 0.6) is 5.75 Å². The van der Waals surface area contributed by atoms with E-state index in [0.29, 0.717) is 16.2 Å². The Hall–Kier alpha value is -2.36. The van der Waals surface area contributed by atoms with Crippen molar-refractivity contribution in [1.29, 1.82) is 0 Å². The number of hydrogen-bond acceptors (Lipinski definition) is 3. The summed E-state index contributed by atoms with van der Waals surface area (Å²) in [5.74, 6) is 0.131. The molecule has 0 spiro atoms. The molecule has 2 aromatic carbocycles. The van der Waals surface area contributed by atoms with Crippen LogP contribution in [-0.2, 0) is 6.42 Å². The zero-order valence-corrected chi connectivity index (χ0v) is 14.3. The predicted octanol–water partition coefficient (Wildman–Crippen LogP) is 6.22. The average molecular weight is 326 g/mol. The Morgan fingerprint density at radius 1 is 0.875 bits per heavy atom. The highest BCUT2D eigenvalue weighted by Gasteiger charge is 2.04. The molecule has 0 saturated heterocycles. The van der Waals surface area contributed by atoms with Crippen LogP contribution >= 0.6 is 0 Å². The Morgan fingerprint density at radius 2 is 1.50 bits per heavy atom. The Morgan fingerprint density at radius 3 is 2.17 bits per heavy atom. The van der Waals surface area contributed by atoms with Crippen molar-refractivity contribution in [3.05, 3.63) is 59.3 Å². The van der Waals surface area contributed by atoms with Crippen molar-refractivity contribution in [2.45, 2.75) is 51.9 Å². The van der Waals surface area contributed by atoms with Gasteiger partial charge in [-0.25, -0.2) is 0 Å². The summed E-state index contributed by atoms with van der Waals surface area (Å²) in [6, 6.07) is 13.8. The van der Waals surface area contributed by atoms with Crippen molar-refractivity contribution in [3.8, 4) is 5.75 Å². The van der Waals surface area contributed by atoms with E-state index in [0.717, 1.165) is 6.42 Å². The quantitative estimate of drug-likeness (QED) is 0.257. The van der Waals surface area contributed by atoms with Crippen LogP contribution in [0.4, 0.5) is 11.4 Å². The standard InChI is InChI=1S/C20H26N2O2/c1-2-3-4-5-6-7-8-17-9-11-18(12-10-17)21-22(24)19-13-15-20(23)16-14-19/h9-16,23H,2-8H2,1H3. The van der Waals surface area contributed by atoms with E-state index in [-0.39, 0.29) is 5.75 Å². The van der Waals surface area contributed by atoms with E-state index < -0.39 is 0 Å². The zero-order chi connectivity index (χ0) is 17.2. The second-order valence-electron chi connectivity index (χ2n) is 6.07. The van der Waals surface area contributed by atoms with Gasteiger partial charge in [0.15, 0.2) is 0 Å². The van der Waals surface area contributed by atoms with Gasteiger partial charge < -0.3 is 10.3 Å². The van der Waals surface area contributed by atoms with E-state index in [1.165, 1.54) is 56.2 Å². The van der Waals surface area contributed by atoms with Gasteiger partial charge in [-0.1, -0.05) is 56.0 Å². The lowest BCUT2D eigenvalue weighted by molar-refractivity contribution is -0.435. The molecule has 0 saturated carbocycles.